The van der Waals surface area contributed by atoms with Crippen LogP contribution in [0, 0.1) is 0 Å². The summed E-state index contributed by atoms with van der Waals surface area (Å²) < 4.78 is 16.5. The van der Waals surface area contributed by atoms with Gasteiger partial charge in [0.25, 0.3) is 5.91 Å². The first-order valence-electron chi connectivity index (χ1n) is 9.92. The number of hydrogen-bond acceptors (Lipinski definition) is 6. The van der Waals surface area contributed by atoms with Gasteiger partial charge in [0.15, 0.2) is 16.6 Å². The minimum Gasteiger partial charge on any atom is -0.493 e. The van der Waals surface area contributed by atoms with Crippen LogP contribution in [0.4, 0.5) is 5.13 Å². The number of amides is 1. The molecule has 0 aliphatic carbocycles. The number of carbonyl (C=O) groups is 1. The van der Waals surface area contributed by atoms with Crippen molar-refractivity contribution in [3.05, 3.63) is 89.3 Å². The van der Waals surface area contributed by atoms with Crippen molar-refractivity contribution in [2.24, 2.45) is 0 Å². The maximum atomic E-state index is 12.7. The first-order valence-corrected chi connectivity index (χ1v) is 10.8. The van der Waals surface area contributed by atoms with Crippen LogP contribution in [0.3, 0.4) is 0 Å². The van der Waals surface area contributed by atoms with Crippen molar-refractivity contribution in [3.8, 4) is 28.5 Å². The molecular weight excluding hydrogens is 424 g/mol. The van der Waals surface area contributed by atoms with E-state index < -0.39 is 0 Å². The number of anilines is 1. The Kier molecular flexibility index (Phi) is 6.67. The molecule has 0 aliphatic rings. The van der Waals surface area contributed by atoms with Crippen molar-refractivity contribution in [3.63, 3.8) is 0 Å². The zero-order valence-electron chi connectivity index (χ0n) is 17.7. The molecule has 0 bridgehead atoms. The quantitative estimate of drug-likeness (QED) is 0.378. The Balaban J connectivity index is 1.43. The van der Waals surface area contributed by atoms with Gasteiger partial charge in [-0.05, 0) is 42.0 Å². The summed E-state index contributed by atoms with van der Waals surface area (Å²) in [6.45, 7) is 0.438. The fourth-order valence-corrected chi connectivity index (χ4v) is 3.81. The second-order valence-corrected chi connectivity index (χ2v) is 7.72. The number of aromatic nitrogens is 1. The third kappa shape index (κ3) is 5.07. The Bertz CT molecular complexity index is 1210. The Morgan fingerprint density at radius 2 is 1.75 bits per heavy atom. The highest BCUT2D eigenvalue weighted by Crippen LogP contribution is 2.33. The molecule has 0 spiro atoms. The van der Waals surface area contributed by atoms with E-state index in [1.54, 1.807) is 32.4 Å². The molecule has 0 unspecified atom stereocenters. The summed E-state index contributed by atoms with van der Waals surface area (Å²) >= 11 is 1.36. The zero-order valence-corrected chi connectivity index (χ0v) is 18.5. The van der Waals surface area contributed by atoms with Crippen LogP contribution in [0.5, 0.6) is 17.2 Å². The molecule has 3 aromatic carbocycles. The van der Waals surface area contributed by atoms with Crippen molar-refractivity contribution in [2.45, 2.75) is 6.61 Å². The van der Waals surface area contributed by atoms with Crippen LogP contribution in [0.25, 0.3) is 11.3 Å². The molecule has 1 amide bonds. The van der Waals surface area contributed by atoms with Crippen LogP contribution < -0.4 is 19.5 Å². The molecule has 0 saturated carbocycles. The van der Waals surface area contributed by atoms with E-state index in [-0.39, 0.29) is 5.91 Å². The van der Waals surface area contributed by atoms with E-state index in [0.29, 0.717) is 34.6 Å². The fourth-order valence-electron chi connectivity index (χ4n) is 3.10. The smallest absolute Gasteiger partial charge is 0.257 e. The third-order valence-electron chi connectivity index (χ3n) is 4.75. The van der Waals surface area contributed by atoms with Crippen LogP contribution in [0.15, 0.2) is 78.2 Å². The molecule has 0 atom stereocenters. The van der Waals surface area contributed by atoms with Crippen LogP contribution in [0.2, 0.25) is 0 Å². The fraction of sp³-hybridized carbons (Fsp3) is 0.120. The highest BCUT2D eigenvalue weighted by atomic mass is 32.1. The predicted molar refractivity (Wildman–Crippen MR) is 126 cm³/mol. The van der Waals surface area contributed by atoms with Gasteiger partial charge in [0, 0.05) is 16.5 Å². The first kappa shape index (κ1) is 21.4. The third-order valence-corrected chi connectivity index (χ3v) is 5.51. The number of nitrogens with one attached hydrogen (secondary N) is 1. The number of rotatable bonds is 8. The van der Waals surface area contributed by atoms with E-state index in [1.165, 1.54) is 11.3 Å². The van der Waals surface area contributed by atoms with Gasteiger partial charge in [0.1, 0.15) is 12.4 Å². The molecule has 0 aliphatic heterocycles. The van der Waals surface area contributed by atoms with Gasteiger partial charge >= 0.3 is 0 Å². The van der Waals surface area contributed by atoms with Crippen molar-refractivity contribution >= 4 is 22.4 Å². The number of carbonyl (C=O) groups excluding carboxylic acids is 1. The summed E-state index contributed by atoms with van der Waals surface area (Å²) in [6, 6.07) is 22.6. The molecule has 4 aromatic rings. The van der Waals surface area contributed by atoms with Crippen LogP contribution in [-0.4, -0.2) is 25.1 Å². The van der Waals surface area contributed by atoms with Crippen molar-refractivity contribution in [1.82, 2.24) is 4.98 Å². The molecule has 0 saturated heterocycles. The van der Waals surface area contributed by atoms with Gasteiger partial charge in [-0.25, -0.2) is 4.98 Å². The molecule has 32 heavy (non-hydrogen) atoms. The SMILES string of the molecule is COc1ccc(-c2csc(NC(=O)c3cccc(OCc4ccccc4)c3)n2)cc1OC. The second-order valence-electron chi connectivity index (χ2n) is 6.86. The van der Waals surface area contributed by atoms with Gasteiger partial charge in [-0.3, -0.25) is 10.1 Å². The van der Waals surface area contributed by atoms with Crippen LogP contribution in [-0.2, 0) is 6.61 Å². The average Bonchev–Trinajstić information content (AvgIpc) is 3.31. The standard InChI is InChI=1S/C25H22N2O4S/c1-29-22-12-11-18(14-23(22)30-2)21-16-32-25(26-21)27-24(28)19-9-6-10-20(13-19)31-15-17-7-4-3-5-8-17/h3-14,16H,15H2,1-2H3,(H,26,27,28). The molecule has 162 valence electrons. The molecule has 1 aromatic heterocycles. The number of ether oxygens (including phenoxy) is 3. The number of nitrogens with zero attached hydrogens (tertiary/aromatic N) is 1. The summed E-state index contributed by atoms with van der Waals surface area (Å²) in [5.74, 6) is 1.65. The maximum absolute atomic E-state index is 12.7. The molecule has 0 radical (unpaired) electrons. The van der Waals surface area contributed by atoms with E-state index in [0.717, 1.165) is 16.8 Å². The maximum Gasteiger partial charge on any atom is 0.257 e. The van der Waals surface area contributed by atoms with Crippen LogP contribution in [0.1, 0.15) is 15.9 Å². The molecule has 4 rings (SSSR count). The van der Waals surface area contributed by atoms with E-state index in [2.05, 4.69) is 10.3 Å². The lowest BCUT2D eigenvalue weighted by molar-refractivity contribution is 0.102. The van der Waals surface area contributed by atoms with Crippen molar-refractivity contribution in [1.29, 1.82) is 0 Å². The molecule has 0 fully saturated rings. The molecular formula is C25H22N2O4S. The summed E-state index contributed by atoms with van der Waals surface area (Å²) in [7, 11) is 3.18. The van der Waals surface area contributed by atoms with Gasteiger partial charge in [0.2, 0.25) is 0 Å². The lowest BCUT2D eigenvalue weighted by atomic mass is 10.1. The van der Waals surface area contributed by atoms with E-state index in [4.69, 9.17) is 14.2 Å². The zero-order chi connectivity index (χ0) is 22.3. The monoisotopic (exact) mass is 446 g/mol. The van der Waals surface area contributed by atoms with Crippen molar-refractivity contribution in [2.75, 3.05) is 19.5 Å². The van der Waals surface area contributed by atoms with Gasteiger partial charge in [0.05, 0.1) is 19.9 Å². The number of methoxy groups -OCH3 is 2. The highest BCUT2D eigenvalue weighted by Gasteiger charge is 2.13. The molecule has 7 heteroatoms. The summed E-state index contributed by atoms with van der Waals surface area (Å²) in [5.41, 5.74) is 3.17. The minimum absolute atomic E-state index is 0.247. The Morgan fingerprint density at radius 1 is 0.938 bits per heavy atom. The normalized spacial score (nSPS) is 10.4. The predicted octanol–water partition coefficient (Wildman–Crippen LogP) is 5.66. The Hall–Kier alpha value is -3.84. The summed E-state index contributed by atoms with van der Waals surface area (Å²) in [4.78, 5) is 17.3. The van der Waals surface area contributed by atoms with Crippen molar-refractivity contribution < 1.29 is 19.0 Å². The molecule has 1 heterocycles. The average molecular weight is 447 g/mol. The van der Waals surface area contributed by atoms with Gasteiger partial charge in [-0.15, -0.1) is 11.3 Å². The van der Waals surface area contributed by atoms with E-state index in [1.807, 2.05) is 60.0 Å². The lowest BCUT2D eigenvalue weighted by Crippen LogP contribution is -2.11. The summed E-state index contributed by atoms with van der Waals surface area (Å²) in [5, 5.41) is 5.25. The lowest BCUT2D eigenvalue weighted by Gasteiger charge is -2.08. The number of benzene rings is 3. The minimum atomic E-state index is -0.247. The Morgan fingerprint density at radius 3 is 2.53 bits per heavy atom. The Labute approximate surface area is 190 Å². The number of hydrogen-bond donors (Lipinski definition) is 1. The second kappa shape index (κ2) is 9.98. The first-order chi connectivity index (χ1) is 15.7. The van der Waals surface area contributed by atoms with Gasteiger partial charge in [-0.1, -0.05) is 36.4 Å². The summed E-state index contributed by atoms with van der Waals surface area (Å²) in [6.07, 6.45) is 0. The van der Waals surface area contributed by atoms with E-state index >= 15 is 0 Å². The van der Waals surface area contributed by atoms with Crippen LogP contribution >= 0.6 is 11.3 Å². The number of thiazole rings is 1. The highest BCUT2D eigenvalue weighted by molar-refractivity contribution is 7.14. The molecule has 6 nitrogen and oxygen atoms in total. The topological polar surface area (TPSA) is 69.7 Å². The van der Waals surface area contributed by atoms with E-state index in [9.17, 15) is 4.79 Å². The van der Waals surface area contributed by atoms with Gasteiger partial charge in [-0.2, -0.15) is 0 Å². The van der Waals surface area contributed by atoms with Gasteiger partial charge < -0.3 is 14.2 Å². The largest absolute Gasteiger partial charge is 0.493 e. The molecule has 1 N–H and O–H groups in total.